The largest absolute Gasteiger partial charge is 0.182 e. The van der Waals surface area contributed by atoms with E-state index in [0.29, 0.717) is 14.7 Å². The fourth-order valence-corrected chi connectivity index (χ4v) is 7.69. The molecule has 0 unspecified atom stereocenters. The van der Waals surface area contributed by atoms with Gasteiger partial charge in [0.05, 0.1) is 20.6 Å². The first-order chi connectivity index (χ1) is 13.5. The first-order valence-electron chi connectivity index (χ1n) is 8.54. The summed E-state index contributed by atoms with van der Waals surface area (Å²) in [6, 6.07) is 31.4. The Morgan fingerprint density at radius 2 is 1.07 bits per heavy atom. The molecule has 0 N–H and O–H groups in total. The Kier molecular flexibility index (Phi) is 5.12. The zero-order valence-corrected chi connectivity index (χ0v) is 16.3. The van der Waals surface area contributed by atoms with Gasteiger partial charge in [-0.3, -0.25) is 0 Å². The number of fused-ring (bicyclic) bond motifs is 1. The fourth-order valence-electron chi connectivity index (χ4n) is 3.28. The molecule has 0 spiro atoms. The van der Waals surface area contributed by atoms with Gasteiger partial charge in [-0.1, -0.05) is 72.8 Å². The van der Waals surface area contributed by atoms with Crippen LogP contribution in [0.5, 0.6) is 0 Å². The molecule has 0 heterocycles. The Bertz CT molecular complexity index is 1040. The molecule has 0 atom stereocenters. The Morgan fingerprint density at radius 1 is 0.571 bits per heavy atom. The Labute approximate surface area is 166 Å². The second-order valence-electron chi connectivity index (χ2n) is 6.10. The maximum absolute atomic E-state index is 11.9. The molecule has 4 aromatic rings. The van der Waals surface area contributed by atoms with E-state index in [-0.39, 0.29) is 0 Å². The zero-order valence-electron chi connectivity index (χ0n) is 14.7. The van der Waals surface area contributed by atoms with Crippen LogP contribution >= 0.6 is 10.3 Å². The van der Waals surface area contributed by atoms with Crippen LogP contribution in [0, 0.1) is 10.2 Å². The highest BCUT2D eigenvalue weighted by Gasteiger charge is 2.47. The van der Waals surface area contributed by atoms with Gasteiger partial charge in [0.1, 0.15) is 3.74 Å². The van der Waals surface area contributed by atoms with Gasteiger partial charge in [0.25, 0.3) is 0 Å². The van der Waals surface area contributed by atoms with Gasteiger partial charge in [0, 0.05) is 14.7 Å². The summed E-state index contributed by atoms with van der Waals surface area (Å²) in [5, 5.41) is 1.78. The SMILES string of the molecule is [O-][Cl+3]([O-])([O-])OS(c1ccccc1)(c1ccccc1)c1cccc2ccccc12. The molecule has 0 aliphatic rings. The lowest BCUT2D eigenvalue weighted by Crippen LogP contribution is -2.61. The predicted octanol–water partition coefficient (Wildman–Crippen LogP) is 2.95. The Morgan fingerprint density at radius 3 is 1.64 bits per heavy atom. The predicted molar refractivity (Wildman–Crippen MR) is 100 cm³/mol. The van der Waals surface area contributed by atoms with Crippen molar-refractivity contribution in [1.29, 1.82) is 0 Å². The van der Waals surface area contributed by atoms with Gasteiger partial charge in [-0.15, -0.1) is 0 Å². The maximum atomic E-state index is 11.9. The third-order valence-corrected chi connectivity index (χ3v) is 8.60. The molecule has 0 aromatic heterocycles. The van der Waals surface area contributed by atoms with Crippen LogP contribution in [0.1, 0.15) is 0 Å². The Hall–Kier alpha value is -2.38. The summed E-state index contributed by atoms with van der Waals surface area (Å²) in [7, 11) is -7.52. The van der Waals surface area contributed by atoms with Crippen LogP contribution in [0.4, 0.5) is 0 Å². The monoisotopic (exact) mass is 412 g/mol. The van der Waals surface area contributed by atoms with Gasteiger partial charge < -0.3 is 0 Å². The maximum Gasteiger partial charge on any atom is 0.134 e. The number of hydrogen-bond acceptors (Lipinski definition) is 4. The van der Waals surface area contributed by atoms with Crippen molar-refractivity contribution in [2.45, 2.75) is 14.7 Å². The second-order valence-corrected chi connectivity index (χ2v) is 9.86. The van der Waals surface area contributed by atoms with Crippen LogP contribution in [0.2, 0.25) is 0 Å². The van der Waals surface area contributed by atoms with E-state index >= 15 is 0 Å². The molecule has 4 nitrogen and oxygen atoms in total. The van der Waals surface area contributed by atoms with E-state index in [1.807, 2.05) is 78.9 Å². The average molecular weight is 413 g/mol. The highest BCUT2D eigenvalue weighted by molar-refractivity contribution is 8.30. The van der Waals surface area contributed by atoms with E-state index in [2.05, 4.69) is 0 Å². The molecule has 4 rings (SSSR count). The van der Waals surface area contributed by atoms with Crippen molar-refractivity contribution >= 4 is 21.1 Å². The molecule has 0 aliphatic carbocycles. The molecule has 0 saturated carbocycles. The van der Waals surface area contributed by atoms with Crippen LogP contribution in [-0.2, 0) is 3.74 Å². The quantitative estimate of drug-likeness (QED) is 0.505. The lowest BCUT2D eigenvalue weighted by Gasteiger charge is -2.35. The van der Waals surface area contributed by atoms with E-state index < -0.39 is 20.6 Å². The molecular weight excluding hydrogens is 396 g/mol. The number of hydrogen-bond donors (Lipinski definition) is 0. The molecule has 0 fully saturated rings. The molecule has 0 radical (unpaired) electrons. The summed E-state index contributed by atoms with van der Waals surface area (Å²) in [5.41, 5.74) is 0. The first-order valence-corrected chi connectivity index (χ1v) is 11.3. The van der Waals surface area contributed by atoms with E-state index in [1.54, 1.807) is 24.3 Å². The van der Waals surface area contributed by atoms with Gasteiger partial charge in [0.2, 0.25) is 0 Å². The van der Waals surface area contributed by atoms with Crippen LogP contribution in [0.25, 0.3) is 10.8 Å². The second kappa shape index (κ2) is 7.56. The van der Waals surface area contributed by atoms with Crippen molar-refractivity contribution < 1.29 is 28.0 Å². The summed E-state index contributed by atoms with van der Waals surface area (Å²) < 4.78 is 41.2. The molecule has 0 saturated heterocycles. The smallest absolute Gasteiger partial charge is 0.134 e. The minimum atomic E-state index is -4.69. The van der Waals surface area contributed by atoms with Gasteiger partial charge in [0.15, 0.2) is 0 Å². The van der Waals surface area contributed by atoms with Gasteiger partial charge >= 0.3 is 0 Å². The molecule has 0 aliphatic heterocycles. The van der Waals surface area contributed by atoms with Crippen LogP contribution in [0.3, 0.4) is 0 Å². The minimum Gasteiger partial charge on any atom is -0.182 e. The molecule has 4 aromatic carbocycles. The van der Waals surface area contributed by atoms with Crippen molar-refractivity contribution in [1.82, 2.24) is 0 Å². The van der Waals surface area contributed by atoms with Gasteiger partial charge in [-0.2, -0.15) is 14.0 Å². The topological polar surface area (TPSA) is 78.4 Å². The highest BCUT2D eigenvalue weighted by Crippen LogP contribution is 2.71. The standard InChI is InChI=1S/C22H17ClO4S/c24-23(25,26)27-28(19-12-3-1-4-13-19,20-14-5-2-6-15-20)22-17-9-11-18-10-7-8-16-21(18)22/h1-17H. The third-order valence-electron chi connectivity index (χ3n) is 4.38. The summed E-state index contributed by atoms with van der Waals surface area (Å²) in [6.45, 7) is 0. The van der Waals surface area contributed by atoms with E-state index in [9.17, 15) is 14.0 Å². The summed E-state index contributed by atoms with van der Waals surface area (Å²) in [5.74, 6) is 0. The van der Waals surface area contributed by atoms with E-state index in [4.69, 9.17) is 3.74 Å². The van der Waals surface area contributed by atoms with E-state index in [1.165, 1.54) is 0 Å². The van der Waals surface area contributed by atoms with Crippen LogP contribution in [-0.4, -0.2) is 0 Å². The van der Waals surface area contributed by atoms with Crippen molar-refractivity contribution in [3.8, 4) is 0 Å². The summed E-state index contributed by atoms with van der Waals surface area (Å²) in [4.78, 5) is 1.92. The van der Waals surface area contributed by atoms with Crippen molar-refractivity contribution in [3.05, 3.63) is 103 Å². The zero-order chi connectivity index (χ0) is 19.6. The van der Waals surface area contributed by atoms with Gasteiger partial charge in [-0.25, -0.2) is 0 Å². The lowest BCUT2D eigenvalue weighted by atomic mass is 10.1. The third kappa shape index (κ3) is 3.52. The first kappa shape index (κ1) is 19.0. The molecular formula is C22H17ClO4S. The normalized spacial score (nSPS) is 12.8. The highest BCUT2D eigenvalue weighted by atomic mass is 35.7. The molecule has 142 valence electrons. The number of rotatable bonds is 5. The van der Waals surface area contributed by atoms with Crippen LogP contribution < -0.4 is 14.0 Å². The molecule has 6 heteroatoms. The van der Waals surface area contributed by atoms with Gasteiger partial charge in [-0.05, 0) is 41.1 Å². The lowest BCUT2D eigenvalue weighted by molar-refractivity contribution is -1.91. The molecule has 0 bridgehead atoms. The molecule has 0 amide bonds. The number of benzene rings is 4. The minimum absolute atomic E-state index is 0.629. The Balaban J connectivity index is 2.14. The van der Waals surface area contributed by atoms with Crippen molar-refractivity contribution in [3.63, 3.8) is 0 Å². The number of halogens is 1. The van der Waals surface area contributed by atoms with Crippen molar-refractivity contribution in [2.24, 2.45) is 0 Å². The summed E-state index contributed by atoms with van der Waals surface area (Å²) in [6.07, 6.45) is 0. The summed E-state index contributed by atoms with van der Waals surface area (Å²) >= 11 is 0. The van der Waals surface area contributed by atoms with E-state index in [0.717, 1.165) is 10.8 Å². The fraction of sp³-hybridized carbons (Fsp3) is 0. The molecule has 28 heavy (non-hydrogen) atoms. The van der Waals surface area contributed by atoms with Crippen LogP contribution in [0.15, 0.2) is 118 Å². The van der Waals surface area contributed by atoms with Crippen molar-refractivity contribution in [2.75, 3.05) is 0 Å². The average Bonchev–Trinajstić information content (AvgIpc) is 2.72.